The molecule has 4 nitrogen and oxygen atoms in total. The van der Waals surface area contributed by atoms with Gasteiger partial charge in [0.1, 0.15) is 11.6 Å². The fourth-order valence-electron chi connectivity index (χ4n) is 2.88. The number of nitrogens with zero attached hydrogens (tertiary/aromatic N) is 2. The van der Waals surface area contributed by atoms with Crippen LogP contribution in [-0.4, -0.2) is 47.8 Å². The zero-order chi connectivity index (χ0) is 18.8. The van der Waals surface area contributed by atoms with Crippen LogP contribution in [0.3, 0.4) is 0 Å². The first-order chi connectivity index (χ1) is 12.4. The van der Waals surface area contributed by atoms with Crippen molar-refractivity contribution in [1.82, 2.24) is 9.80 Å². The van der Waals surface area contributed by atoms with E-state index in [1.165, 1.54) is 29.2 Å². The quantitative estimate of drug-likeness (QED) is 0.802. The number of carbonyl (C=O) groups excluding carboxylic acids is 2. The molecule has 0 saturated carbocycles. The summed E-state index contributed by atoms with van der Waals surface area (Å²) in [6.07, 6.45) is 0. The normalized spacial score (nSPS) is 14.5. The van der Waals surface area contributed by atoms with Crippen molar-refractivity contribution in [2.45, 2.75) is 6.92 Å². The predicted octanol–water partition coefficient (Wildman–Crippen LogP) is 3.52. The van der Waals surface area contributed by atoms with E-state index in [0.29, 0.717) is 5.56 Å². The number of rotatable bonds is 2. The standard InChI is InChI=1S/C19H17ClF2N2O2/c1-12-5-6-13(11-16(12)22)18(25)23-7-9-24(10-8-23)19(26)17-14(20)3-2-4-15(17)21/h2-6,11H,7-10H2,1H3. The summed E-state index contributed by atoms with van der Waals surface area (Å²) >= 11 is 5.94. The molecule has 2 amide bonds. The molecule has 0 aromatic heterocycles. The summed E-state index contributed by atoms with van der Waals surface area (Å²) < 4.78 is 27.6. The van der Waals surface area contributed by atoms with E-state index in [1.54, 1.807) is 24.0 Å². The number of hydrogen-bond acceptors (Lipinski definition) is 2. The lowest BCUT2D eigenvalue weighted by Gasteiger charge is -2.35. The van der Waals surface area contributed by atoms with E-state index >= 15 is 0 Å². The molecule has 136 valence electrons. The lowest BCUT2D eigenvalue weighted by Crippen LogP contribution is -2.50. The van der Waals surface area contributed by atoms with Crippen LogP contribution in [0.2, 0.25) is 5.02 Å². The molecule has 1 aliphatic rings. The van der Waals surface area contributed by atoms with Gasteiger partial charge in [0.05, 0.1) is 10.6 Å². The molecule has 26 heavy (non-hydrogen) atoms. The van der Waals surface area contributed by atoms with Gasteiger partial charge < -0.3 is 9.80 Å². The molecule has 0 unspecified atom stereocenters. The van der Waals surface area contributed by atoms with Crippen LogP contribution in [0.1, 0.15) is 26.3 Å². The van der Waals surface area contributed by atoms with Crippen LogP contribution < -0.4 is 0 Å². The highest BCUT2D eigenvalue weighted by Crippen LogP contribution is 2.22. The highest BCUT2D eigenvalue weighted by molar-refractivity contribution is 6.33. The van der Waals surface area contributed by atoms with Crippen molar-refractivity contribution in [3.8, 4) is 0 Å². The molecular formula is C19H17ClF2N2O2. The summed E-state index contributed by atoms with van der Waals surface area (Å²) in [4.78, 5) is 28.0. The average molecular weight is 379 g/mol. The van der Waals surface area contributed by atoms with Gasteiger partial charge in [-0.05, 0) is 36.8 Å². The number of aryl methyl sites for hydroxylation is 1. The van der Waals surface area contributed by atoms with Gasteiger partial charge in [-0.15, -0.1) is 0 Å². The maximum absolute atomic E-state index is 13.9. The third-order valence-corrected chi connectivity index (χ3v) is 4.76. The highest BCUT2D eigenvalue weighted by Gasteiger charge is 2.28. The van der Waals surface area contributed by atoms with Crippen molar-refractivity contribution in [3.05, 3.63) is 69.7 Å². The van der Waals surface area contributed by atoms with Crippen LogP contribution in [0.25, 0.3) is 0 Å². The number of hydrogen-bond donors (Lipinski definition) is 0. The third kappa shape index (κ3) is 3.55. The summed E-state index contributed by atoms with van der Waals surface area (Å²) in [5.41, 5.74) is 0.582. The second-order valence-corrected chi connectivity index (χ2v) is 6.55. The fraction of sp³-hybridized carbons (Fsp3) is 0.263. The second-order valence-electron chi connectivity index (χ2n) is 6.15. The van der Waals surface area contributed by atoms with Crippen molar-refractivity contribution in [1.29, 1.82) is 0 Å². The Hall–Kier alpha value is -2.47. The number of benzene rings is 2. The number of piperazine rings is 1. The van der Waals surface area contributed by atoms with Gasteiger partial charge in [-0.3, -0.25) is 9.59 Å². The monoisotopic (exact) mass is 378 g/mol. The van der Waals surface area contributed by atoms with Gasteiger partial charge in [-0.25, -0.2) is 8.78 Å². The van der Waals surface area contributed by atoms with E-state index in [2.05, 4.69) is 0 Å². The molecule has 1 heterocycles. The van der Waals surface area contributed by atoms with Crippen LogP contribution >= 0.6 is 11.6 Å². The molecule has 0 N–H and O–H groups in total. The van der Waals surface area contributed by atoms with E-state index in [9.17, 15) is 18.4 Å². The van der Waals surface area contributed by atoms with Crippen LogP contribution in [0.5, 0.6) is 0 Å². The number of carbonyl (C=O) groups is 2. The van der Waals surface area contributed by atoms with Crippen molar-refractivity contribution in [2.75, 3.05) is 26.2 Å². The molecule has 0 aliphatic carbocycles. The molecule has 1 aliphatic heterocycles. The smallest absolute Gasteiger partial charge is 0.258 e. The predicted molar refractivity (Wildman–Crippen MR) is 94.4 cm³/mol. The molecule has 1 fully saturated rings. The third-order valence-electron chi connectivity index (χ3n) is 4.45. The summed E-state index contributed by atoms with van der Waals surface area (Å²) in [6, 6.07) is 8.44. The SMILES string of the molecule is Cc1ccc(C(=O)N2CCN(C(=O)c3c(F)cccc3Cl)CC2)cc1F. The van der Waals surface area contributed by atoms with Crippen molar-refractivity contribution >= 4 is 23.4 Å². The van der Waals surface area contributed by atoms with Crippen molar-refractivity contribution in [3.63, 3.8) is 0 Å². The first-order valence-corrected chi connectivity index (χ1v) is 8.55. The van der Waals surface area contributed by atoms with E-state index in [1.807, 2.05) is 0 Å². The molecule has 3 rings (SSSR count). The lowest BCUT2D eigenvalue weighted by molar-refractivity contribution is 0.0532. The van der Waals surface area contributed by atoms with Crippen molar-refractivity contribution in [2.24, 2.45) is 0 Å². The van der Waals surface area contributed by atoms with Gasteiger partial charge in [-0.1, -0.05) is 23.7 Å². The Bertz CT molecular complexity index is 844. The zero-order valence-electron chi connectivity index (χ0n) is 14.1. The summed E-state index contributed by atoms with van der Waals surface area (Å²) in [6.45, 7) is 2.70. The molecule has 0 bridgehead atoms. The molecule has 0 spiro atoms. The first-order valence-electron chi connectivity index (χ1n) is 8.17. The van der Waals surface area contributed by atoms with Crippen molar-refractivity contribution < 1.29 is 18.4 Å². The van der Waals surface area contributed by atoms with Gasteiger partial charge in [-0.2, -0.15) is 0 Å². The molecular weight excluding hydrogens is 362 g/mol. The van der Waals surface area contributed by atoms with Gasteiger partial charge in [0.15, 0.2) is 0 Å². The Kier molecular flexibility index (Phi) is 5.23. The Morgan fingerprint density at radius 2 is 1.54 bits per heavy atom. The van der Waals surface area contributed by atoms with E-state index in [0.717, 1.165) is 0 Å². The lowest BCUT2D eigenvalue weighted by atomic mass is 10.1. The molecule has 0 atom stereocenters. The van der Waals surface area contributed by atoms with E-state index in [4.69, 9.17) is 11.6 Å². The molecule has 2 aromatic rings. The zero-order valence-corrected chi connectivity index (χ0v) is 14.9. The van der Waals surface area contributed by atoms with Crippen LogP contribution in [0.4, 0.5) is 8.78 Å². The van der Waals surface area contributed by atoms with Gasteiger partial charge in [0, 0.05) is 31.7 Å². The van der Waals surface area contributed by atoms with Gasteiger partial charge >= 0.3 is 0 Å². The largest absolute Gasteiger partial charge is 0.335 e. The Morgan fingerprint density at radius 3 is 2.12 bits per heavy atom. The minimum atomic E-state index is -0.670. The second kappa shape index (κ2) is 7.41. The Labute approximate surface area is 155 Å². The van der Waals surface area contributed by atoms with Gasteiger partial charge in [0.2, 0.25) is 0 Å². The first kappa shape index (κ1) is 18.3. The molecule has 1 saturated heterocycles. The van der Waals surface area contributed by atoms with Crippen LogP contribution in [0, 0.1) is 18.6 Å². The average Bonchev–Trinajstić information content (AvgIpc) is 2.63. The summed E-state index contributed by atoms with van der Waals surface area (Å²) in [5.74, 6) is -1.89. The van der Waals surface area contributed by atoms with Crippen LogP contribution in [-0.2, 0) is 0 Å². The minimum Gasteiger partial charge on any atom is -0.335 e. The summed E-state index contributed by atoms with van der Waals surface area (Å²) in [5, 5.41) is 0.0589. The minimum absolute atomic E-state index is 0.0589. The van der Waals surface area contributed by atoms with E-state index < -0.39 is 17.5 Å². The highest BCUT2D eigenvalue weighted by atomic mass is 35.5. The fourth-order valence-corrected chi connectivity index (χ4v) is 3.13. The molecule has 0 radical (unpaired) electrons. The maximum atomic E-state index is 13.9. The Balaban J connectivity index is 1.68. The Morgan fingerprint density at radius 1 is 0.923 bits per heavy atom. The molecule has 2 aromatic carbocycles. The summed E-state index contributed by atoms with van der Waals surface area (Å²) in [7, 11) is 0. The van der Waals surface area contributed by atoms with Gasteiger partial charge in [0.25, 0.3) is 11.8 Å². The molecule has 7 heteroatoms. The topological polar surface area (TPSA) is 40.6 Å². The number of amides is 2. The van der Waals surface area contributed by atoms with Crippen LogP contribution in [0.15, 0.2) is 36.4 Å². The van der Waals surface area contributed by atoms with E-state index in [-0.39, 0.29) is 48.2 Å². The maximum Gasteiger partial charge on any atom is 0.258 e. The number of halogens is 3.